The Hall–Kier alpha value is -1.86. The number of aromatic nitrogens is 2. The van der Waals surface area contributed by atoms with Crippen LogP contribution in [0.15, 0.2) is 27.5 Å². The molecule has 3 rings (SSSR count). The molecule has 2 aromatic heterocycles. The first-order valence-corrected chi connectivity index (χ1v) is 9.16. The van der Waals surface area contributed by atoms with E-state index in [1.807, 2.05) is 0 Å². The average molecular weight is 383 g/mol. The third-order valence-corrected chi connectivity index (χ3v) is 4.55. The van der Waals surface area contributed by atoms with Crippen LogP contribution in [0, 0.1) is 0 Å². The Morgan fingerprint density at radius 3 is 2.73 bits per heavy atom. The van der Waals surface area contributed by atoms with Gasteiger partial charge in [0.05, 0.1) is 11.8 Å². The lowest BCUT2D eigenvalue weighted by Crippen LogP contribution is -2.36. The first kappa shape index (κ1) is 20.5. The van der Waals surface area contributed by atoms with E-state index in [0.717, 1.165) is 12.1 Å². The molecule has 2 aromatic rings. The zero-order valence-corrected chi connectivity index (χ0v) is 15.7. The van der Waals surface area contributed by atoms with Crippen LogP contribution in [0.1, 0.15) is 50.8 Å². The second-order valence-corrected chi connectivity index (χ2v) is 6.52. The Labute approximate surface area is 159 Å². The summed E-state index contributed by atoms with van der Waals surface area (Å²) < 4.78 is 10.2. The molecule has 0 aliphatic heterocycles. The van der Waals surface area contributed by atoms with E-state index in [9.17, 15) is 4.79 Å². The minimum atomic E-state index is 0. The van der Waals surface area contributed by atoms with Crippen LogP contribution in [0.5, 0.6) is 0 Å². The molecule has 0 spiro atoms. The maximum atomic E-state index is 11.9. The summed E-state index contributed by atoms with van der Waals surface area (Å²) in [6.07, 6.45) is 11.7. The number of amides is 1. The fourth-order valence-electron chi connectivity index (χ4n) is 3.14. The van der Waals surface area contributed by atoms with Crippen molar-refractivity contribution in [3.05, 3.63) is 24.5 Å². The average Bonchev–Trinajstić information content (AvgIpc) is 3.24. The summed E-state index contributed by atoms with van der Waals surface area (Å²) in [7, 11) is 0. The molecular weight excluding hydrogens is 356 g/mol. The summed E-state index contributed by atoms with van der Waals surface area (Å²) >= 11 is 0. The number of rotatable bonds is 8. The molecule has 2 heterocycles. The van der Waals surface area contributed by atoms with Gasteiger partial charge < -0.3 is 19.6 Å². The van der Waals surface area contributed by atoms with Gasteiger partial charge in [0.1, 0.15) is 6.26 Å². The molecule has 0 bridgehead atoms. The van der Waals surface area contributed by atoms with Crippen molar-refractivity contribution >= 4 is 18.3 Å². The molecule has 0 radical (unpaired) electrons. The van der Waals surface area contributed by atoms with Crippen molar-refractivity contribution in [2.75, 3.05) is 13.1 Å². The van der Waals surface area contributed by atoms with Crippen LogP contribution in [0.25, 0.3) is 11.4 Å². The molecule has 2 N–H and O–H groups in total. The summed E-state index contributed by atoms with van der Waals surface area (Å²) in [6, 6.07) is 2.38. The molecule has 0 saturated heterocycles. The highest BCUT2D eigenvalue weighted by atomic mass is 35.5. The summed E-state index contributed by atoms with van der Waals surface area (Å²) in [5, 5.41) is 10.4. The molecule has 0 atom stereocenters. The first-order valence-electron chi connectivity index (χ1n) is 9.16. The Morgan fingerprint density at radius 2 is 2.00 bits per heavy atom. The summed E-state index contributed by atoms with van der Waals surface area (Å²) in [5.41, 5.74) is 0.768. The number of furan rings is 1. The standard InChI is InChI=1S/C18H26N4O3.ClH/c23-16(20-11-10-19-15-5-3-1-2-4-6-15)7-8-17-21-18(22-25-17)14-9-12-24-13-14;/h9,12-13,15,19H,1-8,10-11H2,(H,20,23);1H. The summed E-state index contributed by atoms with van der Waals surface area (Å²) in [6.45, 7) is 1.47. The van der Waals surface area contributed by atoms with E-state index in [1.54, 1.807) is 18.6 Å². The van der Waals surface area contributed by atoms with Gasteiger partial charge in [-0.2, -0.15) is 4.98 Å². The largest absolute Gasteiger partial charge is 0.472 e. The number of carbonyl (C=O) groups excluding carboxylic acids is 1. The van der Waals surface area contributed by atoms with E-state index in [2.05, 4.69) is 20.8 Å². The number of aryl methyl sites for hydroxylation is 1. The number of hydrogen-bond donors (Lipinski definition) is 2. The monoisotopic (exact) mass is 382 g/mol. The van der Waals surface area contributed by atoms with Crippen LogP contribution in [0.4, 0.5) is 0 Å². The predicted molar refractivity (Wildman–Crippen MR) is 100 cm³/mol. The Balaban J connectivity index is 0.00000243. The SMILES string of the molecule is Cl.O=C(CCc1nc(-c2ccoc2)no1)NCCNC1CCCCCC1. The smallest absolute Gasteiger partial charge is 0.227 e. The van der Waals surface area contributed by atoms with Gasteiger partial charge >= 0.3 is 0 Å². The molecule has 0 unspecified atom stereocenters. The maximum Gasteiger partial charge on any atom is 0.227 e. The van der Waals surface area contributed by atoms with Gasteiger partial charge in [0.2, 0.25) is 17.6 Å². The van der Waals surface area contributed by atoms with E-state index in [0.29, 0.717) is 37.1 Å². The second kappa shape index (κ2) is 11.0. The minimum absolute atomic E-state index is 0. The second-order valence-electron chi connectivity index (χ2n) is 6.52. The molecule has 1 saturated carbocycles. The van der Waals surface area contributed by atoms with Crippen LogP contribution in [-0.4, -0.2) is 35.2 Å². The van der Waals surface area contributed by atoms with Gasteiger partial charge in [-0.05, 0) is 18.9 Å². The van der Waals surface area contributed by atoms with Gasteiger partial charge in [0, 0.05) is 32.0 Å². The quantitative estimate of drug-likeness (QED) is 0.538. The molecule has 0 aromatic carbocycles. The van der Waals surface area contributed by atoms with Gasteiger partial charge in [0.15, 0.2) is 0 Å². The zero-order valence-electron chi connectivity index (χ0n) is 14.9. The fourth-order valence-corrected chi connectivity index (χ4v) is 3.14. The predicted octanol–water partition coefficient (Wildman–Crippen LogP) is 3.11. The van der Waals surface area contributed by atoms with E-state index >= 15 is 0 Å². The third-order valence-electron chi connectivity index (χ3n) is 4.55. The molecule has 1 amide bonds. The van der Waals surface area contributed by atoms with Crippen LogP contribution in [-0.2, 0) is 11.2 Å². The molecule has 8 heteroatoms. The van der Waals surface area contributed by atoms with Gasteiger partial charge in [0.25, 0.3) is 0 Å². The minimum Gasteiger partial charge on any atom is -0.472 e. The van der Waals surface area contributed by atoms with Crippen molar-refractivity contribution in [1.82, 2.24) is 20.8 Å². The van der Waals surface area contributed by atoms with Crippen molar-refractivity contribution in [1.29, 1.82) is 0 Å². The van der Waals surface area contributed by atoms with Gasteiger partial charge in [-0.1, -0.05) is 30.8 Å². The Kier molecular flexibility index (Phi) is 8.64. The lowest BCUT2D eigenvalue weighted by atomic mass is 10.1. The van der Waals surface area contributed by atoms with E-state index in [-0.39, 0.29) is 18.3 Å². The van der Waals surface area contributed by atoms with Crippen molar-refractivity contribution in [2.24, 2.45) is 0 Å². The Morgan fingerprint density at radius 1 is 1.19 bits per heavy atom. The van der Waals surface area contributed by atoms with Crippen LogP contribution in [0.3, 0.4) is 0 Å². The van der Waals surface area contributed by atoms with Crippen molar-refractivity contribution in [3.8, 4) is 11.4 Å². The zero-order chi connectivity index (χ0) is 17.3. The molecule has 7 nitrogen and oxygen atoms in total. The lowest BCUT2D eigenvalue weighted by Gasteiger charge is -2.16. The van der Waals surface area contributed by atoms with Crippen molar-refractivity contribution < 1.29 is 13.7 Å². The number of nitrogens with zero attached hydrogens (tertiary/aromatic N) is 2. The topological polar surface area (TPSA) is 93.2 Å². The van der Waals surface area contributed by atoms with E-state index in [4.69, 9.17) is 8.94 Å². The molecule has 144 valence electrons. The van der Waals surface area contributed by atoms with Crippen LogP contribution >= 0.6 is 12.4 Å². The van der Waals surface area contributed by atoms with Gasteiger partial charge in [-0.3, -0.25) is 4.79 Å². The number of hydrogen-bond acceptors (Lipinski definition) is 6. The molecule has 1 fully saturated rings. The first-order chi connectivity index (χ1) is 12.3. The third kappa shape index (κ3) is 6.46. The highest BCUT2D eigenvalue weighted by Crippen LogP contribution is 2.17. The highest BCUT2D eigenvalue weighted by Gasteiger charge is 2.12. The van der Waals surface area contributed by atoms with Crippen molar-refractivity contribution in [3.63, 3.8) is 0 Å². The number of halogens is 1. The molecular formula is C18H27ClN4O3. The van der Waals surface area contributed by atoms with Gasteiger partial charge in [-0.15, -0.1) is 12.4 Å². The maximum absolute atomic E-state index is 11.9. The lowest BCUT2D eigenvalue weighted by molar-refractivity contribution is -0.121. The molecule has 26 heavy (non-hydrogen) atoms. The summed E-state index contributed by atoms with van der Waals surface area (Å²) in [5.74, 6) is 0.949. The highest BCUT2D eigenvalue weighted by molar-refractivity contribution is 5.85. The number of nitrogens with one attached hydrogen (secondary N) is 2. The van der Waals surface area contributed by atoms with Gasteiger partial charge in [-0.25, -0.2) is 0 Å². The van der Waals surface area contributed by atoms with E-state index < -0.39 is 0 Å². The Bertz CT molecular complexity index is 637. The van der Waals surface area contributed by atoms with E-state index in [1.165, 1.54) is 38.5 Å². The normalized spacial score (nSPS) is 15.2. The number of carbonyl (C=O) groups is 1. The van der Waals surface area contributed by atoms with Crippen LogP contribution in [0.2, 0.25) is 0 Å². The molecule has 1 aliphatic carbocycles. The van der Waals surface area contributed by atoms with Crippen LogP contribution < -0.4 is 10.6 Å². The van der Waals surface area contributed by atoms with Crippen molar-refractivity contribution in [2.45, 2.75) is 57.4 Å². The fraction of sp³-hybridized carbons (Fsp3) is 0.611. The molecule has 1 aliphatic rings. The summed E-state index contributed by atoms with van der Waals surface area (Å²) in [4.78, 5) is 16.2.